The first-order valence-electron chi connectivity index (χ1n) is 7.32. The van der Waals surface area contributed by atoms with Gasteiger partial charge in [-0.15, -0.1) is 0 Å². The Balaban J connectivity index is 2.69. The topological polar surface area (TPSA) is 51.5 Å². The molecule has 0 aliphatic heterocycles. The Kier molecular flexibility index (Phi) is 5.20. The van der Waals surface area contributed by atoms with Crippen molar-refractivity contribution < 1.29 is 23.0 Å². The fraction of sp³-hybridized carbons (Fsp3) is 0.353. The number of alkyl halides is 3. The summed E-state index contributed by atoms with van der Waals surface area (Å²) in [6, 6.07) is 6.22. The van der Waals surface area contributed by atoms with Crippen LogP contribution in [0.15, 0.2) is 41.3 Å². The maximum Gasteiger partial charge on any atom is 0.422 e. The number of hydrogen-bond acceptors (Lipinski definition) is 3. The first-order chi connectivity index (χ1) is 11.5. The highest BCUT2D eigenvalue weighted by Crippen LogP contribution is 2.49. The molecule has 0 saturated heterocycles. The maximum atomic E-state index is 13.9. The van der Waals surface area contributed by atoms with Crippen LogP contribution in [0.2, 0.25) is 5.02 Å². The van der Waals surface area contributed by atoms with Crippen LogP contribution in [0.4, 0.5) is 13.2 Å². The first kappa shape index (κ1) is 19.3. The van der Waals surface area contributed by atoms with Gasteiger partial charge in [0.25, 0.3) is 0 Å². The number of benzene rings is 1. The summed E-state index contributed by atoms with van der Waals surface area (Å²) in [7, 11) is 2.69. The summed E-state index contributed by atoms with van der Waals surface area (Å²) >= 11 is 6.06. The monoisotopic (exact) mass is 375 g/mol. The Labute approximate surface area is 147 Å². The van der Waals surface area contributed by atoms with Gasteiger partial charge in [-0.2, -0.15) is 13.2 Å². The highest BCUT2D eigenvalue weighted by atomic mass is 35.5. The lowest BCUT2D eigenvalue weighted by Crippen LogP contribution is -2.47. The van der Waals surface area contributed by atoms with Gasteiger partial charge in [0, 0.05) is 35.8 Å². The van der Waals surface area contributed by atoms with E-state index in [4.69, 9.17) is 16.3 Å². The molecule has 25 heavy (non-hydrogen) atoms. The van der Waals surface area contributed by atoms with E-state index in [1.807, 2.05) is 0 Å². The number of methoxy groups -OCH3 is 1. The molecular weight excluding hydrogens is 359 g/mol. The van der Waals surface area contributed by atoms with Gasteiger partial charge >= 0.3 is 6.18 Å². The van der Waals surface area contributed by atoms with Gasteiger partial charge in [0.2, 0.25) is 5.56 Å². The van der Waals surface area contributed by atoms with Crippen molar-refractivity contribution in [1.82, 2.24) is 4.57 Å². The minimum atomic E-state index is -5.00. The van der Waals surface area contributed by atoms with Crippen molar-refractivity contribution in [2.24, 2.45) is 7.05 Å². The molecule has 0 aliphatic rings. The van der Waals surface area contributed by atoms with Gasteiger partial charge < -0.3 is 14.4 Å². The summed E-state index contributed by atoms with van der Waals surface area (Å²) in [5, 5.41) is 10.8. The highest BCUT2D eigenvalue weighted by molar-refractivity contribution is 6.31. The van der Waals surface area contributed by atoms with Crippen molar-refractivity contribution >= 4 is 11.6 Å². The first-order valence-corrected chi connectivity index (χ1v) is 7.70. The number of halogens is 4. The molecule has 4 nitrogen and oxygen atoms in total. The lowest BCUT2D eigenvalue weighted by atomic mass is 9.78. The Hall–Kier alpha value is -1.99. The molecule has 0 amide bonds. The van der Waals surface area contributed by atoms with Crippen molar-refractivity contribution in [3.63, 3.8) is 0 Å². The second-order valence-electron chi connectivity index (χ2n) is 5.74. The Morgan fingerprint density at radius 3 is 2.40 bits per heavy atom. The average molecular weight is 376 g/mol. The molecule has 2 rings (SSSR count). The lowest BCUT2D eigenvalue weighted by molar-refractivity contribution is -0.274. The molecule has 2 aromatic rings. The van der Waals surface area contributed by atoms with Crippen molar-refractivity contribution in [2.45, 2.75) is 24.6 Å². The Bertz CT molecular complexity index is 835. The zero-order chi connectivity index (χ0) is 19.0. The number of ether oxygens (including phenoxy) is 1. The third-order valence-electron chi connectivity index (χ3n) is 4.25. The zero-order valence-electron chi connectivity index (χ0n) is 13.8. The lowest BCUT2D eigenvalue weighted by Gasteiger charge is -2.37. The standard InChI is InChI=1S/C17H17ClF3NO3/c1-10(13-8-12(25-3)5-6-14(13)18)16(24,17(19,20)21)11-4-7-15(23)22(2)9-11/h4-10,24H,1-3H3. The van der Waals surface area contributed by atoms with Crippen LogP contribution in [0.1, 0.15) is 24.0 Å². The van der Waals surface area contributed by atoms with E-state index in [0.29, 0.717) is 5.75 Å². The molecule has 2 atom stereocenters. The molecule has 2 unspecified atom stereocenters. The van der Waals surface area contributed by atoms with Gasteiger partial charge in [0.05, 0.1) is 7.11 Å². The van der Waals surface area contributed by atoms with Gasteiger partial charge in [0.1, 0.15) is 5.75 Å². The number of aromatic nitrogens is 1. The van der Waals surface area contributed by atoms with Gasteiger partial charge in [-0.05, 0) is 29.8 Å². The van der Waals surface area contributed by atoms with Crippen LogP contribution in [-0.4, -0.2) is 23.0 Å². The van der Waals surface area contributed by atoms with Crippen molar-refractivity contribution in [3.8, 4) is 5.75 Å². The molecule has 0 radical (unpaired) electrons. The number of aliphatic hydroxyl groups is 1. The van der Waals surface area contributed by atoms with E-state index in [0.717, 1.165) is 22.9 Å². The third kappa shape index (κ3) is 3.39. The number of aryl methyl sites for hydroxylation is 1. The minimum absolute atomic E-state index is 0.0702. The molecule has 0 fully saturated rings. The second-order valence-corrected chi connectivity index (χ2v) is 6.15. The number of pyridine rings is 1. The molecule has 1 heterocycles. The molecule has 1 aromatic carbocycles. The highest BCUT2D eigenvalue weighted by Gasteiger charge is 2.59. The zero-order valence-corrected chi connectivity index (χ0v) is 14.5. The predicted molar refractivity (Wildman–Crippen MR) is 88.1 cm³/mol. The van der Waals surface area contributed by atoms with Crippen LogP contribution in [0, 0.1) is 0 Å². The summed E-state index contributed by atoms with van der Waals surface area (Å²) in [6.07, 6.45) is -4.03. The average Bonchev–Trinajstić information content (AvgIpc) is 2.55. The third-order valence-corrected chi connectivity index (χ3v) is 4.60. The summed E-state index contributed by atoms with van der Waals surface area (Å²) in [5.41, 5.74) is -4.10. The van der Waals surface area contributed by atoms with Gasteiger partial charge in [-0.1, -0.05) is 18.5 Å². The summed E-state index contributed by atoms with van der Waals surface area (Å²) < 4.78 is 47.6. The van der Waals surface area contributed by atoms with E-state index in [1.54, 1.807) is 0 Å². The van der Waals surface area contributed by atoms with E-state index in [-0.39, 0.29) is 10.6 Å². The second kappa shape index (κ2) is 6.72. The van der Waals surface area contributed by atoms with Crippen LogP contribution < -0.4 is 10.3 Å². The molecule has 1 N–H and O–H groups in total. The molecule has 136 valence electrons. The Morgan fingerprint density at radius 1 is 1.24 bits per heavy atom. The SMILES string of the molecule is COc1ccc(Cl)c(C(C)C(O)(c2ccc(=O)n(C)c2)C(F)(F)F)c1. The van der Waals surface area contributed by atoms with Gasteiger partial charge in [-0.25, -0.2) is 0 Å². The fourth-order valence-corrected chi connectivity index (χ4v) is 2.97. The molecule has 0 aliphatic carbocycles. The number of rotatable bonds is 4. The van der Waals surface area contributed by atoms with Crippen LogP contribution in [0.5, 0.6) is 5.75 Å². The van der Waals surface area contributed by atoms with Crippen LogP contribution in [-0.2, 0) is 12.6 Å². The van der Waals surface area contributed by atoms with Crippen molar-refractivity contribution in [1.29, 1.82) is 0 Å². The molecule has 0 bridgehead atoms. The summed E-state index contributed by atoms with van der Waals surface area (Å²) in [6.45, 7) is 1.22. The fourth-order valence-electron chi connectivity index (χ4n) is 2.68. The molecule has 0 spiro atoms. The molecule has 8 heteroatoms. The molecule has 0 saturated carbocycles. The number of nitrogens with zero attached hydrogens (tertiary/aromatic N) is 1. The van der Waals surface area contributed by atoms with E-state index in [1.165, 1.54) is 39.3 Å². The summed E-state index contributed by atoms with van der Waals surface area (Å²) in [5.74, 6) is -1.14. The van der Waals surface area contributed by atoms with Crippen LogP contribution in [0.3, 0.4) is 0 Å². The molecule has 1 aromatic heterocycles. The summed E-state index contributed by atoms with van der Waals surface area (Å²) in [4.78, 5) is 11.5. The maximum absolute atomic E-state index is 13.9. The largest absolute Gasteiger partial charge is 0.497 e. The van der Waals surface area contributed by atoms with E-state index < -0.39 is 28.8 Å². The van der Waals surface area contributed by atoms with Gasteiger partial charge in [0.15, 0.2) is 5.60 Å². The Morgan fingerprint density at radius 2 is 1.88 bits per heavy atom. The van der Waals surface area contributed by atoms with E-state index in [2.05, 4.69) is 0 Å². The van der Waals surface area contributed by atoms with E-state index >= 15 is 0 Å². The van der Waals surface area contributed by atoms with Crippen LogP contribution in [0.25, 0.3) is 0 Å². The molecular formula is C17H17ClF3NO3. The van der Waals surface area contributed by atoms with Crippen LogP contribution >= 0.6 is 11.6 Å². The van der Waals surface area contributed by atoms with E-state index in [9.17, 15) is 23.1 Å². The minimum Gasteiger partial charge on any atom is -0.497 e. The number of hydrogen-bond donors (Lipinski definition) is 1. The van der Waals surface area contributed by atoms with Gasteiger partial charge in [-0.3, -0.25) is 4.79 Å². The predicted octanol–water partition coefficient (Wildman–Crippen LogP) is 3.60. The van der Waals surface area contributed by atoms with Crippen molar-refractivity contribution in [3.05, 3.63) is 63.0 Å². The normalized spacial score (nSPS) is 15.5. The van der Waals surface area contributed by atoms with Crippen molar-refractivity contribution in [2.75, 3.05) is 7.11 Å². The quantitative estimate of drug-likeness (QED) is 0.888. The smallest absolute Gasteiger partial charge is 0.422 e.